The first kappa shape index (κ1) is 19.0. The molecule has 0 bridgehead atoms. The van der Waals surface area contributed by atoms with E-state index in [0.717, 1.165) is 0 Å². The molecule has 2 aromatic rings. The fourth-order valence-corrected chi connectivity index (χ4v) is 2.72. The maximum Gasteiger partial charge on any atom is 0.311 e. The van der Waals surface area contributed by atoms with Crippen LogP contribution in [0.5, 0.6) is 0 Å². The van der Waals surface area contributed by atoms with Crippen molar-refractivity contribution in [3.05, 3.63) is 22.8 Å². The van der Waals surface area contributed by atoms with Gasteiger partial charge in [-0.2, -0.15) is 4.98 Å². The molecule has 0 saturated carbocycles. The van der Waals surface area contributed by atoms with Crippen LogP contribution in [-0.2, 0) is 27.2 Å². The lowest BCUT2D eigenvalue weighted by Crippen LogP contribution is -2.12. The van der Waals surface area contributed by atoms with Gasteiger partial charge in [-0.05, 0) is 13.3 Å². The van der Waals surface area contributed by atoms with Crippen molar-refractivity contribution in [2.75, 3.05) is 11.9 Å². The Hall–Kier alpha value is -2.29. The van der Waals surface area contributed by atoms with Gasteiger partial charge in [0.1, 0.15) is 0 Å². The van der Waals surface area contributed by atoms with Crippen molar-refractivity contribution in [3.8, 4) is 0 Å². The highest BCUT2D eigenvalue weighted by Gasteiger charge is 2.12. The van der Waals surface area contributed by atoms with E-state index < -0.39 is 0 Å². The van der Waals surface area contributed by atoms with E-state index in [4.69, 9.17) is 9.26 Å². The molecule has 0 unspecified atom stereocenters. The molecule has 1 amide bonds. The number of thiazole rings is 1. The monoisotopic (exact) mass is 366 g/mol. The van der Waals surface area contributed by atoms with E-state index in [-0.39, 0.29) is 24.2 Å². The van der Waals surface area contributed by atoms with Crippen molar-refractivity contribution in [3.63, 3.8) is 0 Å². The quantitative estimate of drug-likeness (QED) is 0.680. The first-order chi connectivity index (χ1) is 12.0. The zero-order chi connectivity index (χ0) is 18.2. The molecule has 2 rings (SSSR count). The Morgan fingerprint density at radius 2 is 2.16 bits per heavy atom. The van der Waals surface area contributed by atoms with Gasteiger partial charge in [-0.25, -0.2) is 4.98 Å². The predicted octanol–water partition coefficient (Wildman–Crippen LogP) is 2.72. The first-order valence-corrected chi connectivity index (χ1v) is 9.08. The normalized spacial score (nSPS) is 10.9. The average molecular weight is 366 g/mol. The number of carbonyl (C=O) groups is 2. The van der Waals surface area contributed by atoms with Crippen LogP contribution in [0.4, 0.5) is 5.13 Å². The zero-order valence-corrected chi connectivity index (χ0v) is 15.4. The number of aromatic nitrogens is 3. The Morgan fingerprint density at radius 1 is 1.36 bits per heavy atom. The summed E-state index contributed by atoms with van der Waals surface area (Å²) >= 11 is 1.28. The molecular weight excluding hydrogens is 344 g/mol. The number of aryl methyl sites for hydroxylation is 1. The summed E-state index contributed by atoms with van der Waals surface area (Å²) in [5.74, 6) is 0.972. The average Bonchev–Trinajstić information content (AvgIpc) is 3.17. The molecule has 1 N–H and O–H groups in total. The van der Waals surface area contributed by atoms with Crippen LogP contribution in [0.2, 0.25) is 0 Å². The molecule has 8 nitrogen and oxygen atoms in total. The van der Waals surface area contributed by atoms with Crippen molar-refractivity contribution in [2.24, 2.45) is 0 Å². The third-order valence-corrected chi connectivity index (χ3v) is 4.03. The van der Waals surface area contributed by atoms with Crippen LogP contribution in [0, 0.1) is 0 Å². The summed E-state index contributed by atoms with van der Waals surface area (Å²) in [5, 5.41) is 8.83. The molecule has 2 aromatic heterocycles. The van der Waals surface area contributed by atoms with Crippen LogP contribution in [0.1, 0.15) is 56.9 Å². The van der Waals surface area contributed by atoms with E-state index in [9.17, 15) is 9.59 Å². The summed E-state index contributed by atoms with van der Waals surface area (Å²) in [6.45, 7) is 6.08. The molecule has 0 spiro atoms. The van der Waals surface area contributed by atoms with E-state index >= 15 is 0 Å². The molecule has 9 heteroatoms. The molecule has 0 radical (unpaired) electrons. The van der Waals surface area contributed by atoms with Gasteiger partial charge in [0.25, 0.3) is 0 Å². The lowest BCUT2D eigenvalue weighted by molar-refractivity contribution is -0.142. The van der Waals surface area contributed by atoms with E-state index in [1.165, 1.54) is 11.3 Å². The van der Waals surface area contributed by atoms with Crippen molar-refractivity contribution in [1.82, 2.24) is 15.1 Å². The maximum absolute atomic E-state index is 11.9. The smallest absolute Gasteiger partial charge is 0.311 e. The number of amides is 1. The van der Waals surface area contributed by atoms with Gasteiger partial charge in [-0.15, -0.1) is 11.3 Å². The van der Waals surface area contributed by atoms with Crippen molar-refractivity contribution >= 4 is 28.3 Å². The second-order valence-electron chi connectivity index (χ2n) is 5.73. The van der Waals surface area contributed by atoms with Crippen LogP contribution < -0.4 is 5.32 Å². The summed E-state index contributed by atoms with van der Waals surface area (Å²) in [7, 11) is 0. The third-order valence-electron chi connectivity index (χ3n) is 3.22. The van der Waals surface area contributed by atoms with Crippen molar-refractivity contribution in [2.45, 2.75) is 52.4 Å². The summed E-state index contributed by atoms with van der Waals surface area (Å²) in [6.07, 6.45) is 1.59. The standard InChI is InChI=1S/C16H22N4O4S/c1-4-23-14(22)8-11-9-25-16(17-11)18-12(21)6-5-7-13-19-15(10(2)3)20-24-13/h9-10H,4-8H2,1-3H3,(H,17,18,21). The van der Waals surface area contributed by atoms with Gasteiger partial charge in [0, 0.05) is 24.1 Å². The highest BCUT2D eigenvalue weighted by Crippen LogP contribution is 2.17. The molecule has 136 valence electrons. The molecule has 2 heterocycles. The summed E-state index contributed by atoms with van der Waals surface area (Å²) in [5.41, 5.74) is 0.589. The number of anilines is 1. The van der Waals surface area contributed by atoms with Gasteiger partial charge in [0.15, 0.2) is 11.0 Å². The van der Waals surface area contributed by atoms with Crippen LogP contribution in [0.25, 0.3) is 0 Å². The second kappa shape index (κ2) is 9.26. The minimum Gasteiger partial charge on any atom is -0.466 e. The fraction of sp³-hybridized carbons (Fsp3) is 0.562. The van der Waals surface area contributed by atoms with Crippen molar-refractivity contribution in [1.29, 1.82) is 0 Å². The topological polar surface area (TPSA) is 107 Å². The van der Waals surface area contributed by atoms with Crippen LogP contribution >= 0.6 is 11.3 Å². The summed E-state index contributed by atoms with van der Waals surface area (Å²) < 4.78 is 10.0. The first-order valence-electron chi connectivity index (χ1n) is 8.20. The fourth-order valence-electron chi connectivity index (χ4n) is 1.99. The van der Waals surface area contributed by atoms with Gasteiger partial charge in [0.2, 0.25) is 11.8 Å². The van der Waals surface area contributed by atoms with Gasteiger partial charge < -0.3 is 14.6 Å². The number of hydrogen-bond acceptors (Lipinski definition) is 8. The molecule has 0 aliphatic heterocycles. The van der Waals surface area contributed by atoms with E-state index in [1.807, 2.05) is 13.8 Å². The number of carbonyl (C=O) groups excluding carboxylic acids is 2. The second-order valence-corrected chi connectivity index (χ2v) is 6.59. The van der Waals surface area contributed by atoms with Crippen molar-refractivity contribution < 1.29 is 18.8 Å². The molecule has 0 saturated heterocycles. The Balaban J connectivity index is 1.73. The number of hydrogen-bond donors (Lipinski definition) is 1. The Bertz CT molecular complexity index is 711. The van der Waals surface area contributed by atoms with E-state index in [1.54, 1.807) is 12.3 Å². The lowest BCUT2D eigenvalue weighted by atomic mass is 10.2. The van der Waals surface area contributed by atoms with Crippen LogP contribution in [0.15, 0.2) is 9.90 Å². The molecule has 0 aliphatic carbocycles. The van der Waals surface area contributed by atoms with E-state index in [2.05, 4.69) is 20.4 Å². The number of ether oxygens (including phenoxy) is 1. The highest BCUT2D eigenvalue weighted by atomic mass is 32.1. The summed E-state index contributed by atoms with van der Waals surface area (Å²) in [4.78, 5) is 31.8. The van der Waals surface area contributed by atoms with E-state index in [0.29, 0.717) is 48.4 Å². The molecule has 0 aromatic carbocycles. The number of esters is 1. The largest absolute Gasteiger partial charge is 0.466 e. The Kier molecular flexibility index (Phi) is 7.05. The highest BCUT2D eigenvalue weighted by molar-refractivity contribution is 7.13. The third kappa shape index (κ3) is 6.26. The number of nitrogens with one attached hydrogen (secondary N) is 1. The molecule has 0 aliphatic rings. The Labute approximate surface area is 150 Å². The Morgan fingerprint density at radius 3 is 2.84 bits per heavy atom. The number of rotatable bonds is 9. The maximum atomic E-state index is 11.9. The molecule has 0 atom stereocenters. The minimum absolute atomic E-state index is 0.107. The predicted molar refractivity (Wildman–Crippen MR) is 92.4 cm³/mol. The molecule has 25 heavy (non-hydrogen) atoms. The van der Waals surface area contributed by atoms with Gasteiger partial charge >= 0.3 is 5.97 Å². The van der Waals surface area contributed by atoms with Crippen LogP contribution in [0.3, 0.4) is 0 Å². The minimum atomic E-state index is -0.328. The van der Waals surface area contributed by atoms with Crippen LogP contribution in [-0.4, -0.2) is 33.6 Å². The zero-order valence-electron chi connectivity index (χ0n) is 14.6. The number of nitrogens with zero attached hydrogens (tertiary/aromatic N) is 3. The molecule has 0 fully saturated rings. The molecular formula is C16H22N4O4S. The SMILES string of the molecule is CCOC(=O)Cc1csc(NC(=O)CCCc2nc(C(C)C)no2)n1. The van der Waals surface area contributed by atoms with Gasteiger partial charge in [-0.1, -0.05) is 19.0 Å². The van der Waals surface area contributed by atoms with Gasteiger partial charge in [0.05, 0.1) is 18.7 Å². The lowest BCUT2D eigenvalue weighted by Gasteiger charge is -2.00. The summed E-state index contributed by atoms with van der Waals surface area (Å²) in [6, 6.07) is 0. The van der Waals surface area contributed by atoms with Gasteiger partial charge in [-0.3, -0.25) is 9.59 Å².